The van der Waals surface area contributed by atoms with Crippen LogP contribution in [0.5, 0.6) is 0 Å². The fraction of sp³-hybridized carbons (Fsp3) is 0.0714. The Labute approximate surface area is 129 Å². The number of Topliss-reactive ketones (excluding diaryl/α,β-unsaturated/α-hetero) is 1. The topological polar surface area (TPSA) is 17.1 Å². The smallest absolute Gasteiger partial charge is 0.167 e. The van der Waals surface area contributed by atoms with Crippen molar-refractivity contribution in [3.8, 4) is 0 Å². The molecule has 0 heterocycles. The van der Waals surface area contributed by atoms with Gasteiger partial charge in [0.05, 0.1) is 0 Å². The summed E-state index contributed by atoms with van der Waals surface area (Å²) < 4.78 is 1.10. The summed E-state index contributed by atoms with van der Waals surface area (Å²) in [5.41, 5.74) is 1.44. The summed E-state index contributed by atoms with van der Waals surface area (Å²) in [4.78, 5) is 12.1. The van der Waals surface area contributed by atoms with Gasteiger partial charge in [0, 0.05) is 25.6 Å². The third-order valence-electron chi connectivity index (χ3n) is 2.52. The second-order valence-corrected chi connectivity index (χ2v) is 5.93. The molecule has 0 aliphatic rings. The zero-order valence-electron chi connectivity index (χ0n) is 9.29. The molecule has 1 nitrogen and oxygen atoms in total. The van der Waals surface area contributed by atoms with Crippen molar-refractivity contribution >= 4 is 51.6 Å². The maximum absolute atomic E-state index is 12.1. The van der Waals surface area contributed by atoms with Crippen LogP contribution in [0.3, 0.4) is 0 Å². The number of benzene rings is 2. The molecule has 92 valence electrons. The average molecular weight is 391 g/mol. The van der Waals surface area contributed by atoms with E-state index in [4.69, 9.17) is 23.2 Å². The van der Waals surface area contributed by atoms with Gasteiger partial charge < -0.3 is 0 Å². The maximum atomic E-state index is 12.1. The van der Waals surface area contributed by atoms with Crippen LogP contribution in [0.2, 0.25) is 10.0 Å². The standard InChI is InChI=1S/C14H9Cl2IO/c15-11-3-6-13(16)10(7-11)8-14(18)9-1-4-12(17)5-2-9/h1-7H,8H2. The molecule has 0 saturated carbocycles. The Hall–Kier alpha value is -0.580. The number of rotatable bonds is 3. The Bertz CT molecular complexity index is 579. The van der Waals surface area contributed by atoms with Crippen LogP contribution < -0.4 is 0 Å². The van der Waals surface area contributed by atoms with E-state index in [1.807, 2.05) is 24.3 Å². The highest BCUT2D eigenvalue weighted by molar-refractivity contribution is 14.1. The lowest BCUT2D eigenvalue weighted by atomic mass is 10.0. The van der Waals surface area contributed by atoms with Crippen LogP contribution in [0.25, 0.3) is 0 Å². The van der Waals surface area contributed by atoms with Gasteiger partial charge in [0.15, 0.2) is 5.78 Å². The summed E-state index contributed by atoms with van der Waals surface area (Å²) in [6.45, 7) is 0. The van der Waals surface area contributed by atoms with Crippen molar-refractivity contribution in [2.45, 2.75) is 6.42 Å². The van der Waals surface area contributed by atoms with E-state index in [1.54, 1.807) is 18.2 Å². The number of hydrogen-bond donors (Lipinski definition) is 0. The molecule has 2 rings (SSSR count). The van der Waals surface area contributed by atoms with Gasteiger partial charge >= 0.3 is 0 Å². The quantitative estimate of drug-likeness (QED) is 0.531. The van der Waals surface area contributed by atoms with E-state index in [2.05, 4.69) is 22.6 Å². The van der Waals surface area contributed by atoms with E-state index >= 15 is 0 Å². The molecule has 0 amide bonds. The van der Waals surface area contributed by atoms with Crippen molar-refractivity contribution in [2.75, 3.05) is 0 Å². The minimum atomic E-state index is 0.0376. The Balaban J connectivity index is 2.21. The average Bonchev–Trinajstić information content (AvgIpc) is 2.34. The van der Waals surface area contributed by atoms with Crippen LogP contribution in [0, 0.1) is 3.57 Å². The van der Waals surface area contributed by atoms with Gasteiger partial charge in [-0.2, -0.15) is 0 Å². The van der Waals surface area contributed by atoms with Crippen LogP contribution in [-0.2, 0) is 6.42 Å². The highest BCUT2D eigenvalue weighted by Gasteiger charge is 2.10. The van der Waals surface area contributed by atoms with Crippen LogP contribution in [0.4, 0.5) is 0 Å². The minimum absolute atomic E-state index is 0.0376. The van der Waals surface area contributed by atoms with Gasteiger partial charge in [0.1, 0.15) is 0 Å². The van der Waals surface area contributed by atoms with Gasteiger partial charge in [0.25, 0.3) is 0 Å². The fourth-order valence-corrected chi connectivity index (χ4v) is 2.33. The molecule has 0 fully saturated rings. The lowest BCUT2D eigenvalue weighted by Gasteiger charge is -2.05. The zero-order chi connectivity index (χ0) is 13.1. The Morgan fingerprint density at radius 1 is 1.06 bits per heavy atom. The van der Waals surface area contributed by atoms with Gasteiger partial charge in [-0.3, -0.25) is 4.79 Å². The molecule has 0 N–H and O–H groups in total. The van der Waals surface area contributed by atoms with Crippen molar-refractivity contribution in [1.29, 1.82) is 0 Å². The van der Waals surface area contributed by atoms with Gasteiger partial charge in [-0.05, 0) is 58.5 Å². The molecule has 0 saturated heterocycles. The number of hydrogen-bond acceptors (Lipinski definition) is 1. The monoisotopic (exact) mass is 390 g/mol. The molecule has 18 heavy (non-hydrogen) atoms. The third-order valence-corrected chi connectivity index (χ3v) is 3.85. The number of halogens is 3. The lowest BCUT2D eigenvalue weighted by Crippen LogP contribution is -2.04. The molecule has 0 aliphatic carbocycles. The van der Waals surface area contributed by atoms with E-state index in [0.717, 1.165) is 9.13 Å². The van der Waals surface area contributed by atoms with Gasteiger partial charge in [-0.25, -0.2) is 0 Å². The Morgan fingerprint density at radius 3 is 2.39 bits per heavy atom. The number of carbonyl (C=O) groups excluding carboxylic acids is 1. The van der Waals surface area contributed by atoms with E-state index in [1.165, 1.54) is 0 Å². The molecule has 0 bridgehead atoms. The van der Waals surface area contributed by atoms with Gasteiger partial charge in [0.2, 0.25) is 0 Å². The Morgan fingerprint density at radius 2 is 1.72 bits per heavy atom. The molecule has 4 heteroatoms. The summed E-state index contributed by atoms with van der Waals surface area (Å²) >= 11 is 14.1. The molecular weight excluding hydrogens is 382 g/mol. The molecule has 0 aliphatic heterocycles. The second-order valence-electron chi connectivity index (χ2n) is 3.84. The van der Waals surface area contributed by atoms with E-state index in [0.29, 0.717) is 15.6 Å². The SMILES string of the molecule is O=C(Cc1cc(Cl)ccc1Cl)c1ccc(I)cc1. The van der Waals surface area contributed by atoms with Crippen molar-refractivity contribution in [1.82, 2.24) is 0 Å². The first kappa shape index (κ1) is 13.8. The van der Waals surface area contributed by atoms with Crippen molar-refractivity contribution < 1.29 is 4.79 Å². The molecule has 0 aromatic heterocycles. The zero-order valence-corrected chi connectivity index (χ0v) is 13.0. The minimum Gasteiger partial charge on any atom is -0.294 e. The van der Waals surface area contributed by atoms with Gasteiger partial charge in [-0.15, -0.1) is 0 Å². The molecule has 0 spiro atoms. The van der Waals surface area contributed by atoms with Crippen molar-refractivity contribution in [2.24, 2.45) is 0 Å². The van der Waals surface area contributed by atoms with Crippen molar-refractivity contribution in [3.63, 3.8) is 0 Å². The predicted octanol–water partition coefficient (Wildman–Crippen LogP) is 5.02. The molecule has 0 radical (unpaired) electrons. The van der Waals surface area contributed by atoms with Crippen LogP contribution in [-0.4, -0.2) is 5.78 Å². The molecule has 0 atom stereocenters. The first-order chi connectivity index (χ1) is 8.56. The fourth-order valence-electron chi connectivity index (χ4n) is 1.59. The summed E-state index contributed by atoms with van der Waals surface area (Å²) in [7, 11) is 0. The van der Waals surface area contributed by atoms with E-state index < -0.39 is 0 Å². The normalized spacial score (nSPS) is 10.4. The summed E-state index contributed by atoms with van der Waals surface area (Å²) in [5, 5.41) is 1.16. The van der Waals surface area contributed by atoms with Crippen LogP contribution in [0.1, 0.15) is 15.9 Å². The molecular formula is C14H9Cl2IO. The molecule has 2 aromatic rings. The third kappa shape index (κ3) is 3.46. The summed E-state index contributed by atoms with van der Waals surface area (Å²) in [6, 6.07) is 12.6. The van der Waals surface area contributed by atoms with Crippen LogP contribution in [0.15, 0.2) is 42.5 Å². The van der Waals surface area contributed by atoms with Crippen molar-refractivity contribution in [3.05, 3.63) is 67.2 Å². The Kier molecular flexibility index (Phi) is 4.65. The summed E-state index contributed by atoms with van der Waals surface area (Å²) in [5.74, 6) is 0.0376. The second kappa shape index (κ2) is 6.04. The van der Waals surface area contributed by atoms with E-state index in [-0.39, 0.29) is 12.2 Å². The predicted molar refractivity (Wildman–Crippen MR) is 83.7 cm³/mol. The van der Waals surface area contributed by atoms with Crippen LogP contribution >= 0.6 is 45.8 Å². The number of carbonyl (C=O) groups is 1. The summed E-state index contributed by atoms with van der Waals surface area (Å²) in [6.07, 6.45) is 0.264. The molecule has 0 unspecified atom stereocenters. The lowest BCUT2D eigenvalue weighted by molar-refractivity contribution is 0.0993. The first-order valence-corrected chi connectivity index (χ1v) is 7.12. The van der Waals surface area contributed by atoms with Gasteiger partial charge in [-0.1, -0.05) is 35.3 Å². The van der Waals surface area contributed by atoms with E-state index in [9.17, 15) is 4.79 Å². The number of ketones is 1. The highest BCUT2D eigenvalue weighted by Crippen LogP contribution is 2.22. The first-order valence-electron chi connectivity index (χ1n) is 5.29. The molecule has 2 aromatic carbocycles. The highest BCUT2D eigenvalue weighted by atomic mass is 127. The largest absolute Gasteiger partial charge is 0.294 e. The maximum Gasteiger partial charge on any atom is 0.167 e.